The van der Waals surface area contributed by atoms with Gasteiger partial charge in [0.25, 0.3) is 0 Å². The fourth-order valence-corrected chi connectivity index (χ4v) is 1.12. The average molecular weight is 228 g/mol. The molecular weight excluding hydrogens is 222 g/mol. The Bertz CT molecular complexity index is 442. The number of aromatic carboxylic acids is 1. The Morgan fingerprint density at radius 1 is 1.40 bits per heavy atom. The van der Waals surface area contributed by atoms with Gasteiger partial charge in [-0.1, -0.05) is 11.6 Å². The second kappa shape index (κ2) is 4.56. The largest absolute Gasteiger partial charge is 0.478 e. The molecular formula is C9H6ClNO4. The monoisotopic (exact) mass is 227 g/mol. The lowest BCUT2D eigenvalue weighted by Gasteiger charge is -1.98. The van der Waals surface area contributed by atoms with Gasteiger partial charge in [0.15, 0.2) is 5.69 Å². The van der Waals surface area contributed by atoms with E-state index in [-0.39, 0.29) is 10.7 Å². The van der Waals surface area contributed by atoms with Crippen LogP contribution in [0.2, 0.25) is 5.02 Å². The van der Waals surface area contributed by atoms with Crippen molar-refractivity contribution < 1.29 is 19.8 Å². The van der Waals surface area contributed by atoms with Gasteiger partial charge in [-0.2, -0.15) is 0 Å². The van der Waals surface area contributed by atoms with E-state index in [4.69, 9.17) is 21.8 Å². The second-order valence-corrected chi connectivity index (χ2v) is 2.98. The van der Waals surface area contributed by atoms with Gasteiger partial charge in [0.1, 0.15) is 0 Å². The molecule has 0 unspecified atom stereocenters. The van der Waals surface area contributed by atoms with Crippen LogP contribution in [0.1, 0.15) is 16.1 Å². The Morgan fingerprint density at radius 3 is 2.53 bits per heavy atom. The highest BCUT2D eigenvalue weighted by Gasteiger charge is 2.09. The van der Waals surface area contributed by atoms with Crippen molar-refractivity contribution in [3.05, 3.63) is 34.6 Å². The van der Waals surface area contributed by atoms with E-state index in [1.807, 2.05) is 0 Å². The topological polar surface area (TPSA) is 87.5 Å². The van der Waals surface area contributed by atoms with Crippen LogP contribution in [0.4, 0.5) is 0 Å². The molecule has 0 amide bonds. The standard InChI is InChI=1S/C9H6ClNO4/c10-6-3-5(1-2-7(12)13)4-11-8(6)9(14)15/h1-4H,(H,12,13)(H,14,15). The van der Waals surface area contributed by atoms with Crippen molar-refractivity contribution in [3.8, 4) is 0 Å². The van der Waals surface area contributed by atoms with E-state index in [9.17, 15) is 9.59 Å². The first kappa shape index (κ1) is 11.2. The number of carbonyl (C=O) groups is 2. The third-order valence-electron chi connectivity index (χ3n) is 1.48. The Hall–Kier alpha value is -1.88. The molecule has 0 aliphatic carbocycles. The van der Waals surface area contributed by atoms with Crippen molar-refractivity contribution in [1.82, 2.24) is 4.98 Å². The molecule has 78 valence electrons. The van der Waals surface area contributed by atoms with E-state index in [2.05, 4.69) is 4.98 Å². The van der Waals surface area contributed by atoms with E-state index in [0.29, 0.717) is 5.56 Å². The fraction of sp³-hybridized carbons (Fsp3) is 0. The van der Waals surface area contributed by atoms with Gasteiger partial charge in [-0.05, 0) is 17.7 Å². The Labute approximate surface area is 89.6 Å². The van der Waals surface area contributed by atoms with Gasteiger partial charge in [-0.3, -0.25) is 0 Å². The summed E-state index contributed by atoms with van der Waals surface area (Å²) in [7, 11) is 0. The molecule has 0 spiro atoms. The number of rotatable bonds is 3. The number of aliphatic carboxylic acids is 1. The molecule has 0 saturated carbocycles. The van der Waals surface area contributed by atoms with Crippen molar-refractivity contribution in [2.75, 3.05) is 0 Å². The lowest BCUT2D eigenvalue weighted by molar-refractivity contribution is -0.131. The van der Waals surface area contributed by atoms with Crippen LogP contribution in [0.25, 0.3) is 6.08 Å². The summed E-state index contributed by atoms with van der Waals surface area (Å²) in [5.74, 6) is -2.33. The molecule has 5 nitrogen and oxygen atoms in total. The number of aromatic nitrogens is 1. The van der Waals surface area contributed by atoms with Crippen molar-refractivity contribution in [3.63, 3.8) is 0 Å². The van der Waals surface area contributed by atoms with Crippen molar-refractivity contribution >= 4 is 29.6 Å². The van der Waals surface area contributed by atoms with Crippen molar-refractivity contribution in [2.45, 2.75) is 0 Å². The van der Waals surface area contributed by atoms with Gasteiger partial charge >= 0.3 is 11.9 Å². The number of carboxylic acid groups (broad SMARTS) is 2. The number of nitrogens with zero attached hydrogens (tertiary/aromatic N) is 1. The first-order chi connectivity index (χ1) is 7.00. The Balaban J connectivity index is 3.01. The van der Waals surface area contributed by atoms with Crippen LogP contribution in [0.5, 0.6) is 0 Å². The maximum atomic E-state index is 10.5. The molecule has 0 saturated heterocycles. The first-order valence-electron chi connectivity index (χ1n) is 3.80. The maximum Gasteiger partial charge on any atom is 0.356 e. The van der Waals surface area contributed by atoms with Crippen LogP contribution in [-0.2, 0) is 4.79 Å². The van der Waals surface area contributed by atoms with E-state index < -0.39 is 11.9 Å². The first-order valence-corrected chi connectivity index (χ1v) is 4.18. The maximum absolute atomic E-state index is 10.5. The van der Waals surface area contributed by atoms with Crippen LogP contribution in [0.3, 0.4) is 0 Å². The summed E-state index contributed by atoms with van der Waals surface area (Å²) < 4.78 is 0. The van der Waals surface area contributed by atoms with Gasteiger partial charge < -0.3 is 10.2 Å². The average Bonchev–Trinajstić information content (AvgIpc) is 2.14. The van der Waals surface area contributed by atoms with Gasteiger partial charge in [0, 0.05) is 12.3 Å². The molecule has 0 aliphatic rings. The number of halogens is 1. The number of carboxylic acids is 2. The zero-order valence-electron chi connectivity index (χ0n) is 7.35. The van der Waals surface area contributed by atoms with Crippen molar-refractivity contribution in [2.24, 2.45) is 0 Å². The van der Waals surface area contributed by atoms with Gasteiger partial charge in [-0.25, -0.2) is 14.6 Å². The molecule has 0 fully saturated rings. The zero-order chi connectivity index (χ0) is 11.4. The SMILES string of the molecule is O=C(O)C=Cc1cnc(C(=O)O)c(Cl)c1. The molecule has 0 atom stereocenters. The normalized spacial score (nSPS) is 10.5. The molecule has 15 heavy (non-hydrogen) atoms. The Morgan fingerprint density at radius 2 is 2.07 bits per heavy atom. The molecule has 0 aliphatic heterocycles. The fourth-order valence-electron chi connectivity index (χ4n) is 0.869. The second-order valence-electron chi connectivity index (χ2n) is 2.58. The van der Waals surface area contributed by atoms with E-state index in [0.717, 1.165) is 6.08 Å². The van der Waals surface area contributed by atoms with Crippen LogP contribution in [-0.4, -0.2) is 27.1 Å². The van der Waals surface area contributed by atoms with Gasteiger partial charge in [0.2, 0.25) is 0 Å². The summed E-state index contributed by atoms with van der Waals surface area (Å²) in [4.78, 5) is 24.3. The van der Waals surface area contributed by atoms with Crippen LogP contribution >= 0.6 is 11.6 Å². The summed E-state index contributed by atoms with van der Waals surface area (Å²) >= 11 is 5.62. The molecule has 1 aromatic heterocycles. The lowest BCUT2D eigenvalue weighted by Crippen LogP contribution is -2.01. The summed E-state index contributed by atoms with van der Waals surface area (Å²) in [6.07, 6.45) is 3.41. The van der Waals surface area contributed by atoms with Crippen LogP contribution < -0.4 is 0 Å². The third-order valence-corrected chi connectivity index (χ3v) is 1.77. The quantitative estimate of drug-likeness (QED) is 0.765. The minimum Gasteiger partial charge on any atom is -0.478 e. The molecule has 0 radical (unpaired) electrons. The molecule has 0 aromatic carbocycles. The molecule has 1 aromatic rings. The predicted molar refractivity (Wildman–Crippen MR) is 52.9 cm³/mol. The molecule has 2 N–H and O–H groups in total. The summed E-state index contributed by atoms with van der Waals surface area (Å²) in [6.45, 7) is 0. The number of hydrogen-bond donors (Lipinski definition) is 2. The van der Waals surface area contributed by atoms with E-state index in [1.165, 1.54) is 18.3 Å². The summed E-state index contributed by atoms with van der Waals surface area (Å²) in [6, 6.07) is 1.33. The zero-order valence-corrected chi connectivity index (χ0v) is 8.10. The van der Waals surface area contributed by atoms with Gasteiger partial charge in [-0.15, -0.1) is 0 Å². The van der Waals surface area contributed by atoms with Gasteiger partial charge in [0.05, 0.1) is 5.02 Å². The Kier molecular flexibility index (Phi) is 3.41. The summed E-state index contributed by atoms with van der Waals surface area (Å²) in [5.41, 5.74) is 0.163. The molecule has 1 rings (SSSR count). The highest BCUT2D eigenvalue weighted by atomic mass is 35.5. The van der Waals surface area contributed by atoms with E-state index >= 15 is 0 Å². The minimum absolute atomic E-state index is 0.0324. The minimum atomic E-state index is -1.23. The highest BCUT2D eigenvalue weighted by Crippen LogP contribution is 2.15. The van der Waals surface area contributed by atoms with Crippen LogP contribution in [0.15, 0.2) is 18.3 Å². The smallest absolute Gasteiger partial charge is 0.356 e. The van der Waals surface area contributed by atoms with E-state index in [1.54, 1.807) is 0 Å². The third kappa shape index (κ3) is 3.07. The molecule has 6 heteroatoms. The summed E-state index contributed by atoms with van der Waals surface area (Å²) in [5, 5.41) is 16.9. The number of hydrogen-bond acceptors (Lipinski definition) is 3. The highest BCUT2D eigenvalue weighted by molar-refractivity contribution is 6.33. The number of pyridine rings is 1. The molecule has 1 heterocycles. The van der Waals surface area contributed by atoms with Crippen molar-refractivity contribution in [1.29, 1.82) is 0 Å². The lowest BCUT2D eigenvalue weighted by atomic mass is 10.2. The van der Waals surface area contributed by atoms with Crippen LogP contribution in [0, 0.1) is 0 Å². The predicted octanol–water partition coefficient (Wildman–Crippen LogP) is 1.53. The molecule has 0 bridgehead atoms.